The van der Waals surface area contributed by atoms with E-state index in [0.717, 1.165) is 65.3 Å². The van der Waals surface area contributed by atoms with Crippen LogP contribution < -0.4 is 15.9 Å². The second kappa shape index (κ2) is 8.30. The summed E-state index contributed by atoms with van der Waals surface area (Å²) < 4.78 is 18.4. The summed E-state index contributed by atoms with van der Waals surface area (Å²) in [6, 6.07) is 50.9. The molecule has 1 aliphatic rings. The van der Waals surface area contributed by atoms with Gasteiger partial charge in [-0.1, -0.05) is 127 Å². The Hall–Kier alpha value is -4.91. The Labute approximate surface area is 237 Å². The van der Waals surface area contributed by atoms with Crippen LogP contribution in [-0.4, -0.2) is 4.57 Å². The summed E-state index contributed by atoms with van der Waals surface area (Å²) in [6.07, 6.45) is 0. The Bertz CT molecular complexity index is 2400. The summed E-state index contributed by atoms with van der Waals surface area (Å²) in [6.45, 7) is 0. The van der Waals surface area contributed by atoms with Crippen LogP contribution in [0.25, 0.3) is 60.2 Å². The highest BCUT2D eigenvalue weighted by molar-refractivity contribution is 7.87. The molecule has 0 bridgehead atoms. The summed E-state index contributed by atoms with van der Waals surface area (Å²) in [5.74, 6) is 0. The van der Waals surface area contributed by atoms with E-state index in [9.17, 15) is 0 Å². The lowest BCUT2D eigenvalue weighted by Gasteiger charge is -2.18. The SMILES string of the molecule is O=P1(c2ccccc2)c2c(ccc3ccccc23)-c2ccc3c(c21)c1ccccc1n3-c1cccc2ccccc12. The minimum atomic E-state index is -3.24. The third-order valence-corrected chi connectivity index (χ3v) is 12.0. The summed E-state index contributed by atoms with van der Waals surface area (Å²) >= 11 is 0. The van der Waals surface area contributed by atoms with E-state index in [1.165, 1.54) is 10.8 Å². The van der Waals surface area contributed by atoms with Gasteiger partial charge in [-0.05, 0) is 45.5 Å². The van der Waals surface area contributed by atoms with E-state index in [0.29, 0.717) is 0 Å². The first-order chi connectivity index (χ1) is 20.2. The Morgan fingerprint density at radius 3 is 1.88 bits per heavy atom. The molecular weight excluding hydrogens is 517 g/mol. The molecule has 1 atom stereocenters. The second-order valence-corrected chi connectivity index (χ2v) is 13.5. The van der Waals surface area contributed by atoms with Gasteiger partial charge < -0.3 is 9.13 Å². The van der Waals surface area contributed by atoms with E-state index in [4.69, 9.17) is 0 Å². The van der Waals surface area contributed by atoms with Crippen molar-refractivity contribution in [1.29, 1.82) is 0 Å². The quantitative estimate of drug-likeness (QED) is 0.201. The lowest BCUT2D eigenvalue weighted by Crippen LogP contribution is -2.22. The predicted octanol–water partition coefficient (Wildman–Crippen LogP) is 8.71. The zero-order valence-corrected chi connectivity index (χ0v) is 23.1. The van der Waals surface area contributed by atoms with Crippen LogP contribution in [0.2, 0.25) is 0 Å². The molecule has 2 heterocycles. The molecule has 8 aromatic rings. The van der Waals surface area contributed by atoms with Gasteiger partial charge in [0, 0.05) is 32.1 Å². The molecule has 41 heavy (non-hydrogen) atoms. The molecule has 1 aliphatic heterocycles. The molecule has 192 valence electrons. The third-order valence-electron chi connectivity index (χ3n) is 8.76. The molecule has 0 spiro atoms. The van der Waals surface area contributed by atoms with Gasteiger partial charge in [0.1, 0.15) is 0 Å². The van der Waals surface area contributed by atoms with Crippen LogP contribution in [0.15, 0.2) is 146 Å². The fourth-order valence-electron chi connectivity index (χ4n) is 7.07. The van der Waals surface area contributed by atoms with Gasteiger partial charge in [0.05, 0.1) is 16.7 Å². The van der Waals surface area contributed by atoms with Gasteiger partial charge in [0.15, 0.2) is 7.14 Å². The molecule has 3 heteroatoms. The molecule has 0 radical (unpaired) electrons. The first kappa shape index (κ1) is 22.9. The summed E-state index contributed by atoms with van der Waals surface area (Å²) in [7, 11) is -3.24. The van der Waals surface area contributed by atoms with Crippen molar-refractivity contribution >= 4 is 66.4 Å². The first-order valence-electron chi connectivity index (χ1n) is 14.0. The van der Waals surface area contributed by atoms with Gasteiger partial charge in [0.2, 0.25) is 0 Å². The second-order valence-electron chi connectivity index (χ2n) is 10.8. The Kier molecular flexibility index (Phi) is 4.63. The molecule has 0 N–H and O–H groups in total. The highest BCUT2D eigenvalue weighted by atomic mass is 31.2. The van der Waals surface area contributed by atoms with E-state index >= 15 is 4.57 Å². The lowest BCUT2D eigenvalue weighted by atomic mass is 9.99. The number of fused-ring (bicyclic) bond motifs is 10. The minimum Gasteiger partial charge on any atom is -0.309 e. The molecule has 0 fully saturated rings. The van der Waals surface area contributed by atoms with Crippen molar-refractivity contribution in [3.05, 3.63) is 146 Å². The highest BCUT2D eigenvalue weighted by Gasteiger charge is 2.43. The maximum absolute atomic E-state index is 16.1. The number of benzene rings is 7. The molecule has 0 saturated carbocycles. The van der Waals surface area contributed by atoms with Crippen molar-refractivity contribution in [1.82, 2.24) is 4.57 Å². The van der Waals surface area contributed by atoms with E-state index in [2.05, 4.69) is 120 Å². The smallest absolute Gasteiger partial charge is 0.173 e. The van der Waals surface area contributed by atoms with Crippen LogP contribution in [0.1, 0.15) is 0 Å². The Morgan fingerprint density at radius 2 is 1.05 bits per heavy atom. The Balaban J connectivity index is 1.50. The maximum atomic E-state index is 16.1. The molecular formula is C38H24NOP. The third kappa shape index (κ3) is 2.95. The van der Waals surface area contributed by atoms with Crippen LogP contribution in [0.3, 0.4) is 0 Å². The van der Waals surface area contributed by atoms with Crippen molar-refractivity contribution in [3.8, 4) is 16.8 Å². The molecule has 7 aromatic carbocycles. The Morgan fingerprint density at radius 1 is 0.439 bits per heavy atom. The van der Waals surface area contributed by atoms with Gasteiger partial charge >= 0.3 is 0 Å². The topological polar surface area (TPSA) is 22.0 Å². The van der Waals surface area contributed by atoms with Gasteiger partial charge in [-0.25, -0.2) is 0 Å². The largest absolute Gasteiger partial charge is 0.309 e. The van der Waals surface area contributed by atoms with Gasteiger partial charge in [-0.3, -0.25) is 0 Å². The van der Waals surface area contributed by atoms with E-state index in [1.807, 2.05) is 30.3 Å². The zero-order valence-electron chi connectivity index (χ0n) is 22.2. The number of para-hydroxylation sites is 1. The van der Waals surface area contributed by atoms with Gasteiger partial charge in [-0.2, -0.15) is 0 Å². The first-order valence-corrected chi connectivity index (χ1v) is 15.7. The van der Waals surface area contributed by atoms with Crippen LogP contribution >= 0.6 is 7.14 Å². The number of hydrogen-bond acceptors (Lipinski definition) is 1. The summed E-state index contributed by atoms with van der Waals surface area (Å²) in [5.41, 5.74) is 5.48. The number of hydrogen-bond donors (Lipinski definition) is 0. The monoisotopic (exact) mass is 541 g/mol. The van der Waals surface area contributed by atoms with Crippen LogP contribution in [0, 0.1) is 0 Å². The summed E-state index contributed by atoms with van der Waals surface area (Å²) in [4.78, 5) is 0. The van der Waals surface area contributed by atoms with Crippen molar-refractivity contribution in [2.75, 3.05) is 0 Å². The maximum Gasteiger partial charge on any atom is 0.173 e. The zero-order chi connectivity index (χ0) is 27.1. The molecule has 2 nitrogen and oxygen atoms in total. The number of rotatable bonds is 2. The van der Waals surface area contributed by atoms with Crippen molar-refractivity contribution in [3.63, 3.8) is 0 Å². The van der Waals surface area contributed by atoms with Crippen LogP contribution in [0.5, 0.6) is 0 Å². The number of nitrogens with zero attached hydrogens (tertiary/aromatic N) is 1. The van der Waals surface area contributed by atoms with Crippen molar-refractivity contribution in [2.45, 2.75) is 0 Å². The lowest BCUT2D eigenvalue weighted by molar-refractivity contribution is 0.593. The minimum absolute atomic E-state index is 0.880. The fraction of sp³-hybridized carbons (Fsp3) is 0. The average Bonchev–Trinajstić information content (AvgIpc) is 3.51. The van der Waals surface area contributed by atoms with Crippen molar-refractivity contribution in [2.24, 2.45) is 0 Å². The van der Waals surface area contributed by atoms with Crippen LogP contribution in [0.4, 0.5) is 0 Å². The highest BCUT2D eigenvalue weighted by Crippen LogP contribution is 2.56. The van der Waals surface area contributed by atoms with Gasteiger partial charge in [-0.15, -0.1) is 0 Å². The van der Waals surface area contributed by atoms with Gasteiger partial charge in [0.25, 0.3) is 0 Å². The molecule has 1 unspecified atom stereocenters. The normalized spacial score (nSPS) is 16.0. The standard InChI is InChI=1S/C38H24NOP/c40-41(27-14-2-1-3-15-27)37-29-17-7-5-12-26(29)21-22-30(37)31-23-24-35-36(38(31)41)32-18-8-9-19-34(32)39(35)33-20-10-13-25-11-4-6-16-28(25)33/h1-24H. The predicted molar refractivity (Wildman–Crippen MR) is 174 cm³/mol. The van der Waals surface area contributed by atoms with Crippen LogP contribution in [-0.2, 0) is 4.57 Å². The fourth-order valence-corrected chi connectivity index (χ4v) is 10.6. The molecule has 0 saturated heterocycles. The van der Waals surface area contributed by atoms with E-state index in [-0.39, 0.29) is 0 Å². The van der Waals surface area contributed by atoms with Crippen molar-refractivity contribution < 1.29 is 4.57 Å². The molecule has 1 aromatic heterocycles. The molecule has 9 rings (SSSR count). The molecule has 0 amide bonds. The average molecular weight is 542 g/mol. The molecule has 0 aliphatic carbocycles. The van der Waals surface area contributed by atoms with E-state index < -0.39 is 7.14 Å². The van der Waals surface area contributed by atoms with E-state index in [1.54, 1.807) is 0 Å². The summed E-state index contributed by atoms with van der Waals surface area (Å²) in [5, 5.41) is 9.59. The number of aromatic nitrogens is 1.